The minimum absolute atomic E-state index is 0.331. The van der Waals surface area contributed by atoms with Gasteiger partial charge in [0.05, 0.1) is 17.8 Å². The Kier molecular flexibility index (Phi) is 12.2. The number of carboxylic acid groups (broad SMARTS) is 1. The molecular weight excluding hydrogens is 559 g/mol. The SMILES string of the molecule is CC(C)(C(O)c1ccccc1)C(O)c1ccccc1.O=C(O)c1ccccc1.O=P(O)(c1ccccc1)c1ccccc1. The summed E-state index contributed by atoms with van der Waals surface area (Å²) in [5.74, 6) is -0.879. The molecule has 0 amide bonds. The molecule has 222 valence electrons. The molecule has 5 aromatic rings. The van der Waals surface area contributed by atoms with Crippen LogP contribution in [-0.2, 0) is 4.57 Å². The average Bonchev–Trinajstić information content (AvgIpc) is 3.06. The molecule has 0 saturated heterocycles. The van der Waals surface area contributed by atoms with Gasteiger partial charge >= 0.3 is 5.97 Å². The molecule has 7 heteroatoms. The van der Waals surface area contributed by atoms with Crippen LogP contribution in [0.3, 0.4) is 0 Å². The predicted octanol–water partition coefficient (Wildman–Crippen LogP) is 6.77. The molecule has 0 spiro atoms. The van der Waals surface area contributed by atoms with Crippen LogP contribution in [0.15, 0.2) is 152 Å². The molecule has 0 aromatic heterocycles. The third-order valence-corrected chi connectivity index (χ3v) is 8.87. The Morgan fingerprint density at radius 3 is 1.12 bits per heavy atom. The summed E-state index contributed by atoms with van der Waals surface area (Å²) < 4.78 is 12.2. The maximum atomic E-state index is 12.2. The van der Waals surface area contributed by atoms with Gasteiger partial charge < -0.3 is 20.2 Å². The van der Waals surface area contributed by atoms with Gasteiger partial charge in [-0.1, -0.05) is 129 Å². The first-order valence-electron chi connectivity index (χ1n) is 13.7. The molecule has 2 unspecified atom stereocenters. The van der Waals surface area contributed by atoms with Crippen molar-refractivity contribution in [3.8, 4) is 0 Å². The summed E-state index contributed by atoms with van der Waals surface area (Å²) in [7, 11) is -3.40. The first-order valence-corrected chi connectivity index (χ1v) is 15.4. The first kappa shape index (κ1) is 33.2. The quantitative estimate of drug-likeness (QED) is 0.154. The molecule has 0 aliphatic rings. The molecule has 0 bridgehead atoms. The molecule has 0 aliphatic heterocycles. The summed E-state index contributed by atoms with van der Waals surface area (Å²) in [6.45, 7) is 3.75. The van der Waals surface area contributed by atoms with Crippen molar-refractivity contribution in [3.63, 3.8) is 0 Å². The summed E-state index contributed by atoms with van der Waals surface area (Å²) in [5, 5.41) is 30.4. The maximum Gasteiger partial charge on any atom is 0.335 e. The lowest BCUT2D eigenvalue weighted by atomic mass is 9.75. The molecule has 0 fully saturated rings. The van der Waals surface area contributed by atoms with Crippen molar-refractivity contribution in [2.45, 2.75) is 26.1 Å². The normalized spacial score (nSPS) is 12.4. The van der Waals surface area contributed by atoms with Crippen molar-refractivity contribution in [2.24, 2.45) is 5.41 Å². The lowest BCUT2D eigenvalue weighted by Crippen LogP contribution is -2.29. The summed E-state index contributed by atoms with van der Waals surface area (Å²) in [5.41, 5.74) is 1.31. The number of aliphatic hydroxyl groups is 2. The number of benzene rings is 5. The van der Waals surface area contributed by atoms with Gasteiger partial charge in [-0.25, -0.2) is 4.79 Å². The number of aliphatic hydroxyl groups excluding tert-OH is 2. The molecule has 0 heterocycles. The second kappa shape index (κ2) is 15.8. The van der Waals surface area contributed by atoms with E-state index in [1.807, 2.05) is 86.6 Å². The molecule has 43 heavy (non-hydrogen) atoms. The molecule has 5 aromatic carbocycles. The fourth-order valence-electron chi connectivity index (χ4n) is 4.27. The van der Waals surface area contributed by atoms with E-state index < -0.39 is 31.0 Å². The second-order valence-corrected chi connectivity index (χ2v) is 12.6. The summed E-state index contributed by atoms with van der Waals surface area (Å²) in [4.78, 5) is 20.2. The van der Waals surface area contributed by atoms with Gasteiger partial charge in [0.1, 0.15) is 0 Å². The zero-order valence-electron chi connectivity index (χ0n) is 24.1. The number of aromatic carboxylic acids is 1. The van der Waals surface area contributed by atoms with Crippen LogP contribution in [0.5, 0.6) is 0 Å². The van der Waals surface area contributed by atoms with E-state index in [0.29, 0.717) is 16.2 Å². The topological polar surface area (TPSA) is 115 Å². The molecule has 5 rings (SSSR count). The number of carbonyl (C=O) groups is 1. The van der Waals surface area contributed by atoms with E-state index in [1.165, 1.54) is 0 Å². The number of hydrogen-bond acceptors (Lipinski definition) is 4. The number of rotatable bonds is 7. The monoisotopic (exact) mass is 596 g/mol. The highest BCUT2D eigenvalue weighted by molar-refractivity contribution is 7.73. The van der Waals surface area contributed by atoms with Crippen LogP contribution in [-0.4, -0.2) is 26.2 Å². The first-order chi connectivity index (χ1) is 20.5. The van der Waals surface area contributed by atoms with E-state index in [1.54, 1.807) is 78.9 Å². The Balaban J connectivity index is 0.000000188. The highest BCUT2D eigenvalue weighted by Crippen LogP contribution is 2.43. The second-order valence-electron chi connectivity index (χ2n) is 10.4. The molecular formula is C36H37O6P. The van der Waals surface area contributed by atoms with E-state index in [4.69, 9.17) is 5.11 Å². The van der Waals surface area contributed by atoms with Crippen LogP contribution in [0.4, 0.5) is 0 Å². The van der Waals surface area contributed by atoms with Crippen molar-refractivity contribution < 1.29 is 29.6 Å². The fraction of sp³-hybridized carbons (Fsp3) is 0.139. The van der Waals surface area contributed by atoms with Crippen LogP contribution < -0.4 is 10.6 Å². The van der Waals surface area contributed by atoms with Gasteiger partial charge in [-0.05, 0) is 47.5 Å². The maximum absolute atomic E-state index is 12.2. The van der Waals surface area contributed by atoms with Crippen molar-refractivity contribution >= 4 is 23.9 Å². The van der Waals surface area contributed by atoms with Crippen molar-refractivity contribution in [1.29, 1.82) is 0 Å². The van der Waals surface area contributed by atoms with Crippen molar-refractivity contribution in [3.05, 3.63) is 168 Å². The zero-order chi connectivity index (χ0) is 31.3. The highest BCUT2D eigenvalue weighted by atomic mass is 31.2. The van der Waals surface area contributed by atoms with Crippen LogP contribution in [0, 0.1) is 5.41 Å². The molecule has 0 saturated carbocycles. The Bertz CT molecular complexity index is 1470. The van der Waals surface area contributed by atoms with E-state index in [0.717, 1.165) is 11.1 Å². The van der Waals surface area contributed by atoms with Gasteiger partial charge in [0, 0.05) is 16.0 Å². The number of carboxylic acids is 1. The van der Waals surface area contributed by atoms with Crippen LogP contribution >= 0.6 is 7.37 Å². The molecule has 2 atom stereocenters. The van der Waals surface area contributed by atoms with Gasteiger partial charge in [-0.15, -0.1) is 0 Å². The molecule has 0 radical (unpaired) electrons. The third kappa shape index (κ3) is 9.34. The smallest absolute Gasteiger partial charge is 0.335 e. The minimum Gasteiger partial charge on any atom is -0.478 e. The van der Waals surface area contributed by atoms with Crippen molar-refractivity contribution in [2.75, 3.05) is 0 Å². The van der Waals surface area contributed by atoms with Gasteiger partial charge in [0.25, 0.3) is 7.37 Å². The predicted molar refractivity (Wildman–Crippen MR) is 172 cm³/mol. The number of hydrogen-bond donors (Lipinski definition) is 4. The van der Waals surface area contributed by atoms with Crippen LogP contribution in [0.1, 0.15) is 47.5 Å². The fourth-order valence-corrected chi connectivity index (χ4v) is 5.72. The van der Waals surface area contributed by atoms with Gasteiger partial charge in [-0.2, -0.15) is 0 Å². The zero-order valence-corrected chi connectivity index (χ0v) is 25.0. The van der Waals surface area contributed by atoms with Crippen LogP contribution in [0.25, 0.3) is 0 Å². The van der Waals surface area contributed by atoms with Crippen molar-refractivity contribution in [1.82, 2.24) is 0 Å². The van der Waals surface area contributed by atoms with E-state index in [-0.39, 0.29) is 0 Å². The molecule has 0 aliphatic carbocycles. The standard InChI is InChI=1S/C17H20O2.C12H11O2P.C7H6O2/c1-17(2,15(18)13-9-5-3-6-10-13)16(19)14-11-7-4-8-12-14;13-15(14,11-7-3-1-4-8-11)12-9-5-2-6-10-12;8-7(9)6-4-2-1-3-5-6/h3-12,15-16,18-19H,1-2H3;1-10H,(H,13,14);1-5H,(H,8,9). The summed E-state index contributed by atoms with van der Waals surface area (Å²) in [6.07, 6.45) is -1.44. The Morgan fingerprint density at radius 2 is 0.837 bits per heavy atom. The minimum atomic E-state index is -3.40. The van der Waals surface area contributed by atoms with Gasteiger partial charge in [-0.3, -0.25) is 4.57 Å². The lowest BCUT2D eigenvalue weighted by molar-refractivity contribution is -0.0512. The molecule has 4 N–H and O–H groups in total. The Labute approximate surface area is 253 Å². The lowest BCUT2D eigenvalue weighted by Gasteiger charge is -2.35. The summed E-state index contributed by atoms with van der Waals surface area (Å²) in [6, 6.07) is 44.6. The molecule has 6 nitrogen and oxygen atoms in total. The Hall–Kier alpha value is -4.32. The van der Waals surface area contributed by atoms with Crippen LogP contribution in [0.2, 0.25) is 0 Å². The van der Waals surface area contributed by atoms with E-state index in [2.05, 4.69) is 0 Å². The Morgan fingerprint density at radius 1 is 0.558 bits per heavy atom. The van der Waals surface area contributed by atoms with E-state index in [9.17, 15) is 24.5 Å². The van der Waals surface area contributed by atoms with Gasteiger partial charge in [0.2, 0.25) is 0 Å². The average molecular weight is 597 g/mol. The van der Waals surface area contributed by atoms with E-state index >= 15 is 0 Å². The third-order valence-electron chi connectivity index (χ3n) is 6.87. The van der Waals surface area contributed by atoms with Gasteiger partial charge in [0.15, 0.2) is 0 Å². The largest absolute Gasteiger partial charge is 0.478 e. The highest BCUT2D eigenvalue weighted by Gasteiger charge is 2.37. The summed E-state index contributed by atoms with van der Waals surface area (Å²) >= 11 is 0.